The Kier molecular flexibility index (Phi) is 5.91. The van der Waals surface area contributed by atoms with Gasteiger partial charge in [0.25, 0.3) is 0 Å². The smallest absolute Gasteiger partial charge is 0.225 e. The standard InChI is InChI=1S/C26H27F3N2O2/c27-19-3-1-16(2-4-19)24-23(21-13-20(28)14-22(29)25(21)30-24)17-11-18(12-17)26(33)31-8-5-15(6-9-31)7-10-32/h1-4,13-15,17-18,30,32H,5-12H2. The van der Waals surface area contributed by atoms with Crippen molar-refractivity contribution in [3.8, 4) is 11.3 Å². The lowest BCUT2D eigenvalue weighted by Gasteiger charge is -2.40. The first-order valence-electron chi connectivity index (χ1n) is 11.6. The van der Waals surface area contributed by atoms with Crippen molar-refractivity contribution in [3.05, 3.63) is 59.4 Å². The van der Waals surface area contributed by atoms with E-state index in [9.17, 15) is 18.0 Å². The average molecular weight is 457 g/mol. The number of H-pyrrole nitrogens is 1. The van der Waals surface area contributed by atoms with Crippen LogP contribution >= 0.6 is 0 Å². The number of rotatable bonds is 5. The molecular formula is C26H27F3N2O2. The first kappa shape index (κ1) is 22.0. The van der Waals surface area contributed by atoms with Gasteiger partial charge in [0, 0.05) is 37.1 Å². The van der Waals surface area contributed by atoms with E-state index in [2.05, 4.69) is 4.98 Å². The van der Waals surface area contributed by atoms with Crippen molar-refractivity contribution < 1.29 is 23.1 Å². The first-order valence-corrected chi connectivity index (χ1v) is 11.6. The molecule has 7 heteroatoms. The molecular weight excluding hydrogens is 429 g/mol. The molecule has 174 valence electrons. The van der Waals surface area contributed by atoms with Gasteiger partial charge in [0.05, 0.1) is 11.2 Å². The molecule has 0 bridgehead atoms. The predicted molar refractivity (Wildman–Crippen MR) is 120 cm³/mol. The highest BCUT2D eigenvalue weighted by Crippen LogP contribution is 2.49. The zero-order chi connectivity index (χ0) is 23.1. The number of piperidine rings is 1. The minimum absolute atomic E-state index is 0.0131. The van der Waals surface area contributed by atoms with Crippen molar-refractivity contribution in [1.29, 1.82) is 0 Å². The van der Waals surface area contributed by atoms with Gasteiger partial charge in [-0.15, -0.1) is 0 Å². The van der Waals surface area contributed by atoms with Gasteiger partial charge in [-0.1, -0.05) is 0 Å². The minimum atomic E-state index is -0.669. The Morgan fingerprint density at radius 2 is 1.73 bits per heavy atom. The highest BCUT2D eigenvalue weighted by atomic mass is 19.1. The summed E-state index contributed by atoms with van der Waals surface area (Å²) < 4.78 is 42.1. The molecule has 3 aromatic rings. The van der Waals surface area contributed by atoms with Crippen molar-refractivity contribution in [3.63, 3.8) is 0 Å². The fourth-order valence-corrected chi connectivity index (χ4v) is 5.45. The van der Waals surface area contributed by atoms with Crippen LogP contribution in [0.3, 0.4) is 0 Å². The first-order chi connectivity index (χ1) is 15.9. The predicted octanol–water partition coefficient (Wildman–Crippen LogP) is 5.37. The highest BCUT2D eigenvalue weighted by molar-refractivity contribution is 5.92. The second kappa shape index (κ2) is 8.86. The number of nitrogens with zero attached hydrogens (tertiary/aromatic N) is 1. The summed E-state index contributed by atoms with van der Waals surface area (Å²) in [6, 6.07) is 8.11. The molecule has 33 heavy (non-hydrogen) atoms. The number of benzene rings is 2. The third-order valence-electron chi connectivity index (χ3n) is 7.36. The van der Waals surface area contributed by atoms with Gasteiger partial charge in [0.1, 0.15) is 17.5 Å². The Morgan fingerprint density at radius 3 is 2.39 bits per heavy atom. The molecule has 4 nitrogen and oxygen atoms in total. The molecule has 1 amide bonds. The number of amides is 1. The molecule has 0 atom stereocenters. The Labute approximate surface area is 190 Å². The molecule has 0 spiro atoms. The number of aromatic amines is 1. The van der Waals surface area contributed by atoms with Gasteiger partial charge in [-0.25, -0.2) is 13.2 Å². The van der Waals surface area contributed by atoms with E-state index in [-0.39, 0.29) is 35.7 Å². The average Bonchev–Trinajstić information content (AvgIpc) is 3.13. The summed E-state index contributed by atoms with van der Waals surface area (Å²) in [5.41, 5.74) is 2.37. The molecule has 1 aliphatic carbocycles. The van der Waals surface area contributed by atoms with Crippen LogP contribution in [0.5, 0.6) is 0 Å². The summed E-state index contributed by atoms with van der Waals surface area (Å²) in [5, 5.41) is 9.61. The second-order valence-electron chi connectivity index (χ2n) is 9.38. The number of fused-ring (bicyclic) bond motifs is 1. The summed E-state index contributed by atoms with van der Waals surface area (Å²) in [5.74, 6) is -1.18. The van der Waals surface area contributed by atoms with Crippen molar-refractivity contribution in [1.82, 2.24) is 9.88 Å². The molecule has 1 saturated carbocycles. The lowest BCUT2D eigenvalue weighted by molar-refractivity contribution is -0.140. The van der Waals surface area contributed by atoms with Crippen molar-refractivity contribution in [2.75, 3.05) is 19.7 Å². The number of aliphatic hydroxyl groups excluding tert-OH is 1. The number of hydrogen-bond donors (Lipinski definition) is 2. The number of nitrogens with one attached hydrogen (secondary N) is 1. The van der Waals surface area contributed by atoms with E-state index in [4.69, 9.17) is 5.11 Å². The molecule has 1 saturated heterocycles. The van der Waals surface area contributed by atoms with E-state index >= 15 is 0 Å². The van der Waals surface area contributed by atoms with Crippen LogP contribution in [0.4, 0.5) is 13.2 Å². The van der Waals surface area contributed by atoms with E-state index < -0.39 is 11.6 Å². The number of carbonyl (C=O) groups is 1. The molecule has 2 aliphatic rings. The second-order valence-corrected chi connectivity index (χ2v) is 9.38. The molecule has 1 aromatic heterocycles. The van der Waals surface area contributed by atoms with Gasteiger partial charge in [0.15, 0.2) is 0 Å². The Hall–Kier alpha value is -2.80. The Balaban J connectivity index is 1.39. The van der Waals surface area contributed by atoms with Crippen LogP contribution in [0.1, 0.15) is 43.6 Å². The van der Waals surface area contributed by atoms with Gasteiger partial charge in [0.2, 0.25) is 5.91 Å². The van der Waals surface area contributed by atoms with Crippen molar-refractivity contribution in [2.45, 2.75) is 38.0 Å². The van der Waals surface area contributed by atoms with Crippen LogP contribution in [0, 0.1) is 29.3 Å². The van der Waals surface area contributed by atoms with Gasteiger partial charge >= 0.3 is 0 Å². The van der Waals surface area contributed by atoms with Crippen molar-refractivity contribution in [2.24, 2.45) is 11.8 Å². The number of carbonyl (C=O) groups excluding carboxylic acids is 1. The maximum atomic E-state index is 14.5. The molecule has 0 radical (unpaired) electrons. The number of aromatic nitrogens is 1. The molecule has 2 heterocycles. The summed E-state index contributed by atoms with van der Waals surface area (Å²) in [6.45, 7) is 1.62. The third kappa shape index (κ3) is 4.14. The fraction of sp³-hybridized carbons (Fsp3) is 0.423. The summed E-state index contributed by atoms with van der Waals surface area (Å²) in [4.78, 5) is 18.0. The van der Waals surface area contributed by atoms with Crippen LogP contribution in [0.25, 0.3) is 22.2 Å². The molecule has 2 aromatic carbocycles. The normalized spacial score (nSPS) is 21.4. The molecule has 5 rings (SSSR count). The fourth-order valence-electron chi connectivity index (χ4n) is 5.45. The zero-order valence-corrected chi connectivity index (χ0v) is 18.3. The van der Waals surface area contributed by atoms with E-state index in [0.29, 0.717) is 35.4 Å². The Bertz CT molecular complexity index is 1160. The third-order valence-corrected chi connectivity index (χ3v) is 7.36. The maximum absolute atomic E-state index is 14.5. The van der Waals surface area contributed by atoms with Crippen LogP contribution in [0.2, 0.25) is 0 Å². The largest absolute Gasteiger partial charge is 0.396 e. The van der Waals surface area contributed by atoms with E-state index in [1.54, 1.807) is 12.1 Å². The summed E-state index contributed by atoms with van der Waals surface area (Å²) >= 11 is 0. The highest BCUT2D eigenvalue weighted by Gasteiger charge is 2.40. The lowest BCUT2D eigenvalue weighted by atomic mass is 9.69. The number of aliphatic hydroxyl groups is 1. The monoisotopic (exact) mass is 456 g/mol. The number of halogens is 3. The van der Waals surface area contributed by atoms with Crippen LogP contribution in [-0.2, 0) is 4.79 Å². The summed E-state index contributed by atoms with van der Waals surface area (Å²) in [6.07, 6.45) is 3.85. The van der Waals surface area contributed by atoms with Gasteiger partial charge < -0.3 is 15.0 Å². The van der Waals surface area contributed by atoms with E-state index in [1.165, 1.54) is 18.2 Å². The maximum Gasteiger partial charge on any atom is 0.225 e. The van der Waals surface area contributed by atoms with Crippen molar-refractivity contribution >= 4 is 16.8 Å². The van der Waals surface area contributed by atoms with Crippen LogP contribution in [-0.4, -0.2) is 40.6 Å². The molecule has 2 fully saturated rings. The minimum Gasteiger partial charge on any atom is -0.396 e. The molecule has 0 unspecified atom stereocenters. The number of likely N-dealkylation sites (tertiary alicyclic amines) is 1. The lowest BCUT2D eigenvalue weighted by Crippen LogP contribution is -2.45. The van der Waals surface area contributed by atoms with Gasteiger partial charge in [-0.05, 0) is 85.4 Å². The van der Waals surface area contributed by atoms with E-state index in [0.717, 1.165) is 44.0 Å². The van der Waals surface area contributed by atoms with Crippen LogP contribution in [0.15, 0.2) is 36.4 Å². The van der Waals surface area contributed by atoms with E-state index in [1.807, 2.05) is 4.90 Å². The quantitative estimate of drug-likeness (QED) is 0.543. The SMILES string of the molecule is O=C(C1CC(c2c(-c3ccc(F)cc3)[nH]c3c(F)cc(F)cc23)C1)N1CCC(CCO)CC1. The van der Waals surface area contributed by atoms with Gasteiger partial charge in [-0.3, -0.25) is 4.79 Å². The van der Waals surface area contributed by atoms with Crippen LogP contribution < -0.4 is 0 Å². The molecule has 2 N–H and O–H groups in total. The topological polar surface area (TPSA) is 56.3 Å². The summed E-state index contributed by atoms with van der Waals surface area (Å²) in [7, 11) is 0. The number of hydrogen-bond acceptors (Lipinski definition) is 2. The van der Waals surface area contributed by atoms with Gasteiger partial charge in [-0.2, -0.15) is 0 Å². The Morgan fingerprint density at radius 1 is 1.03 bits per heavy atom. The molecule has 1 aliphatic heterocycles. The zero-order valence-electron chi connectivity index (χ0n) is 18.3.